The van der Waals surface area contributed by atoms with Crippen molar-refractivity contribution in [3.63, 3.8) is 0 Å². The van der Waals surface area contributed by atoms with E-state index in [0.29, 0.717) is 34.4 Å². The predicted octanol–water partition coefficient (Wildman–Crippen LogP) is 5.55. The van der Waals surface area contributed by atoms with Gasteiger partial charge in [0.25, 0.3) is 0 Å². The van der Waals surface area contributed by atoms with Crippen molar-refractivity contribution < 1.29 is 23.1 Å². The van der Waals surface area contributed by atoms with Gasteiger partial charge in [0.2, 0.25) is 0 Å². The summed E-state index contributed by atoms with van der Waals surface area (Å²) in [7, 11) is 0. The van der Waals surface area contributed by atoms with Gasteiger partial charge in [0.05, 0.1) is 29.2 Å². The first-order valence-electron chi connectivity index (χ1n) is 12.4. The van der Waals surface area contributed by atoms with Crippen LogP contribution in [0, 0.1) is 12.7 Å². The minimum atomic E-state index is -0.926. The standard InChI is InChI=1S/C30H28FNO5/c1-15(2)37-30(35)26-17(4)32-23-12-19(18-6-8-20(31)9-7-18)13-24(33)28(23)27(26)22-14-36-25-10-5-16(3)11-21(25)29(22)34/h5-11,14-15,19,27,32H,12-13H2,1-4H3/t19-,27-/m1/s1. The zero-order valence-electron chi connectivity index (χ0n) is 21.2. The van der Waals surface area contributed by atoms with Crippen molar-refractivity contribution in [2.75, 3.05) is 0 Å². The Morgan fingerprint density at radius 1 is 1.08 bits per heavy atom. The minimum Gasteiger partial charge on any atom is -0.464 e. The summed E-state index contributed by atoms with van der Waals surface area (Å²) in [5.74, 6) is -2.20. The van der Waals surface area contributed by atoms with Crippen LogP contribution in [0.2, 0.25) is 0 Å². The van der Waals surface area contributed by atoms with Crippen LogP contribution in [-0.2, 0) is 14.3 Å². The normalized spacial score (nSPS) is 19.8. The fourth-order valence-corrected chi connectivity index (χ4v) is 5.33. The fourth-order valence-electron chi connectivity index (χ4n) is 5.33. The number of ketones is 1. The number of hydrogen-bond acceptors (Lipinski definition) is 6. The molecule has 7 heteroatoms. The first kappa shape index (κ1) is 24.7. The lowest BCUT2D eigenvalue weighted by Crippen LogP contribution is -2.37. The number of allylic oxidation sites excluding steroid dienone is 3. The van der Waals surface area contributed by atoms with E-state index in [1.807, 2.05) is 13.0 Å². The Morgan fingerprint density at radius 2 is 1.81 bits per heavy atom. The molecule has 0 saturated carbocycles. The van der Waals surface area contributed by atoms with Crippen molar-refractivity contribution in [3.8, 4) is 0 Å². The highest BCUT2D eigenvalue weighted by Gasteiger charge is 2.43. The summed E-state index contributed by atoms with van der Waals surface area (Å²) in [5, 5.41) is 3.65. The van der Waals surface area contributed by atoms with E-state index in [2.05, 4.69) is 5.32 Å². The van der Waals surface area contributed by atoms with Gasteiger partial charge in [-0.05, 0) is 69.9 Å². The number of ether oxygens (including phenoxy) is 1. The Kier molecular flexibility index (Phi) is 6.31. The third-order valence-corrected chi connectivity index (χ3v) is 7.00. The number of halogens is 1. The van der Waals surface area contributed by atoms with E-state index in [-0.39, 0.29) is 46.6 Å². The lowest BCUT2D eigenvalue weighted by atomic mass is 9.72. The fraction of sp³-hybridized carbons (Fsp3) is 0.300. The second-order valence-corrected chi connectivity index (χ2v) is 10.0. The van der Waals surface area contributed by atoms with Gasteiger partial charge in [-0.25, -0.2) is 9.18 Å². The number of benzene rings is 2. The molecule has 0 spiro atoms. The molecule has 6 nitrogen and oxygen atoms in total. The Bertz CT molecular complexity index is 1540. The van der Waals surface area contributed by atoms with Crippen LogP contribution in [0.25, 0.3) is 11.0 Å². The molecule has 190 valence electrons. The van der Waals surface area contributed by atoms with Crippen molar-refractivity contribution in [1.29, 1.82) is 0 Å². The van der Waals surface area contributed by atoms with Gasteiger partial charge in [0.1, 0.15) is 11.4 Å². The molecule has 0 bridgehead atoms. The third-order valence-electron chi connectivity index (χ3n) is 7.00. The number of aryl methyl sites for hydroxylation is 1. The van der Waals surface area contributed by atoms with Gasteiger partial charge < -0.3 is 14.5 Å². The molecule has 2 aromatic carbocycles. The summed E-state index contributed by atoms with van der Waals surface area (Å²) in [6.07, 6.45) is 1.62. The number of esters is 1. The Hall–Kier alpha value is -4.00. The molecule has 37 heavy (non-hydrogen) atoms. The second-order valence-electron chi connectivity index (χ2n) is 10.0. The number of dihydropyridines is 1. The number of rotatable bonds is 4. The molecule has 1 N–H and O–H groups in total. The van der Waals surface area contributed by atoms with Gasteiger partial charge >= 0.3 is 5.97 Å². The van der Waals surface area contributed by atoms with Crippen LogP contribution in [0.15, 0.2) is 80.5 Å². The quantitative estimate of drug-likeness (QED) is 0.472. The van der Waals surface area contributed by atoms with E-state index in [1.165, 1.54) is 18.4 Å². The molecule has 3 aromatic rings. The van der Waals surface area contributed by atoms with Crippen LogP contribution >= 0.6 is 0 Å². The van der Waals surface area contributed by atoms with Crippen LogP contribution in [0.1, 0.15) is 62.1 Å². The molecule has 0 unspecified atom stereocenters. The number of carbonyl (C=O) groups excluding carboxylic acids is 2. The summed E-state index contributed by atoms with van der Waals surface area (Å²) in [6, 6.07) is 11.5. The average molecular weight is 502 g/mol. The van der Waals surface area contributed by atoms with Gasteiger partial charge in [0.15, 0.2) is 11.2 Å². The average Bonchev–Trinajstić information content (AvgIpc) is 2.83. The van der Waals surface area contributed by atoms with Gasteiger partial charge in [-0.2, -0.15) is 0 Å². The topological polar surface area (TPSA) is 85.6 Å². The molecule has 0 amide bonds. The van der Waals surface area contributed by atoms with E-state index in [0.717, 1.165) is 11.1 Å². The lowest BCUT2D eigenvalue weighted by molar-refractivity contribution is -0.143. The molecule has 1 aliphatic carbocycles. The lowest BCUT2D eigenvalue weighted by Gasteiger charge is -2.36. The van der Waals surface area contributed by atoms with Crippen LogP contribution in [0.4, 0.5) is 4.39 Å². The van der Waals surface area contributed by atoms with Crippen LogP contribution in [0.3, 0.4) is 0 Å². The van der Waals surface area contributed by atoms with Crippen molar-refractivity contribution >= 4 is 22.7 Å². The molecule has 0 saturated heterocycles. The van der Waals surface area contributed by atoms with E-state index < -0.39 is 11.9 Å². The number of carbonyl (C=O) groups is 2. The highest BCUT2D eigenvalue weighted by molar-refractivity contribution is 6.04. The highest BCUT2D eigenvalue weighted by atomic mass is 19.1. The number of nitrogens with one attached hydrogen (secondary N) is 1. The van der Waals surface area contributed by atoms with Crippen LogP contribution in [0.5, 0.6) is 0 Å². The SMILES string of the molecule is CC1=C(C(=O)OC(C)C)[C@@H](c2coc3ccc(C)cc3c2=O)C2=C(C[C@@H](c3ccc(F)cc3)CC2=O)N1. The Morgan fingerprint density at radius 3 is 2.51 bits per heavy atom. The molecule has 1 aromatic heterocycles. The van der Waals surface area contributed by atoms with E-state index in [4.69, 9.17) is 9.15 Å². The van der Waals surface area contributed by atoms with E-state index in [9.17, 15) is 18.8 Å². The Balaban J connectivity index is 1.68. The molecule has 2 heterocycles. The van der Waals surface area contributed by atoms with E-state index >= 15 is 0 Å². The first-order chi connectivity index (χ1) is 17.6. The predicted molar refractivity (Wildman–Crippen MR) is 137 cm³/mol. The molecule has 5 rings (SSSR count). The van der Waals surface area contributed by atoms with Crippen molar-refractivity contribution in [3.05, 3.63) is 104 Å². The summed E-state index contributed by atoms with van der Waals surface area (Å²) < 4.78 is 24.9. The molecule has 1 aliphatic heterocycles. The maximum Gasteiger partial charge on any atom is 0.337 e. The zero-order chi connectivity index (χ0) is 26.4. The molecule has 0 fully saturated rings. The number of fused-ring (bicyclic) bond motifs is 1. The smallest absolute Gasteiger partial charge is 0.337 e. The number of Topliss-reactive ketones (excluding diaryl/α,β-unsaturated/α-hetero) is 1. The first-order valence-corrected chi connectivity index (χ1v) is 12.4. The van der Waals surface area contributed by atoms with Gasteiger partial charge in [0, 0.05) is 29.0 Å². The summed E-state index contributed by atoms with van der Waals surface area (Å²) in [6.45, 7) is 7.12. The van der Waals surface area contributed by atoms with Gasteiger partial charge in [-0.3, -0.25) is 9.59 Å². The zero-order valence-corrected chi connectivity index (χ0v) is 21.2. The maximum absolute atomic E-state index is 13.8. The van der Waals surface area contributed by atoms with E-state index in [1.54, 1.807) is 45.0 Å². The summed E-state index contributed by atoms with van der Waals surface area (Å²) >= 11 is 0. The maximum atomic E-state index is 13.8. The minimum absolute atomic E-state index is 0.160. The number of hydrogen-bond donors (Lipinski definition) is 1. The van der Waals surface area contributed by atoms with Crippen molar-refractivity contribution in [2.45, 2.75) is 58.5 Å². The summed E-state index contributed by atoms with van der Waals surface area (Å²) in [5.41, 5.74) is 3.87. The second kappa shape index (κ2) is 9.47. The molecule has 2 aliphatic rings. The van der Waals surface area contributed by atoms with Gasteiger partial charge in [-0.15, -0.1) is 0 Å². The van der Waals surface area contributed by atoms with Crippen LogP contribution < -0.4 is 10.7 Å². The van der Waals surface area contributed by atoms with Crippen molar-refractivity contribution in [1.82, 2.24) is 5.32 Å². The Labute approximate surface area is 213 Å². The van der Waals surface area contributed by atoms with Crippen LogP contribution in [-0.4, -0.2) is 17.9 Å². The van der Waals surface area contributed by atoms with Crippen molar-refractivity contribution in [2.24, 2.45) is 0 Å². The molecular weight excluding hydrogens is 473 g/mol. The molecule has 0 radical (unpaired) electrons. The van der Waals surface area contributed by atoms with Gasteiger partial charge in [-0.1, -0.05) is 23.8 Å². The third kappa shape index (κ3) is 4.50. The molecular formula is C30H28FNO5. The summed E-state index contributed by atoms with van der Waals surface area (Å²) in [4.78, 5) is 40.8. The largest absolute Gasteiger partial charge is 0.464 e. The highest BCUT2D eigenvalue weighted by Crippen LogP contribution is 2.45. The molecule has 2 atom stereocenters. The monoisotopic (exact) mass is 501 g/mol.